The van der Waals surface area contributed by atoms with E-state index in [1.54, 1.807) is 11.3 Å². The van der Waals surface area contributed by atoms with Crippen molar-refractivity contribution in [1.82, 2.24) is 9.88 Å². The SMILES string of the molecule is CCN(CCCN(C)C)c1nc(Br)cs1. The molecule has 1 aromatic rings. The topological polar surface area (TPSA) is 19.4 Å². The Balaban J connectivity index is 2.42. The average molecular weight is 292 g/mol. The second-order valence-corrected chi connectivity index (χ2v) is 5.34. The number of anilines is 1. The first-order valence-corrected chi connectivity index (χ1v) is 6.81. The molecule has 0 saturated carbocycles. The summed E-state index contributed by atoms with van der Waals surface area (Å²) in [5, 5.41) is 3.15. The number of thiazole rings is 1. The van der Waals surface area contributed by atoms with Gasteiger partial charge >= 0.3 is 0 Å². The minimum absolute atomic E-state index is 0.938. The Hall–Kier alpha value is -0.130. The maximum atomic E-state index is 4.43. The number of hydrogen-bond acceptors (Lipinski definition) is 4. The molecule has 0 aromatic carbocycles. The Labute approximate surface area is 104 Å². The third-order valence-corrected chi connectivity index (χ3v) is 3.76. The van der Waals surface area contributed by atoms with Crippen LogP contribution in [0.1, 0.15) is 13.3 Å². The zero-order valence-corrected chi connectivity index (χ0v) is 11.9. The standard InChI is InChI=1S/C10H18BrN3S/c1-4-14(7-5-6-13(2)3)10-12-9(11)8-15-10/h8H,4-7H2,1-3H3. The Morgan fingerprint density at radius 2 is 2.13 bits per heavy atom. The summed E-state index contributed by atoms with van der Waals surface area (Å²) < 4.78 is 0.938. The van der Waals surface area contributed by atoms with Gasteiger partial charge in [-0.05, 0) is 49.9 Å². The Morgan fingerprint density at radius 3 is 2.60 bits per heavy atom. The van der Waals surface area contributed by atoms with Crippen molar-refractivity contribution in [2.45, 2.75) is 13.3 Å². The van der Waals surface area contributed by atoms with Crippen molar-refractivity contribution in [3.05, 3.63) is 9.98 Å². The molecular formula is C10H18BrN3S. The quantitative estimate of drug-likeness (QED) is 0.803. The lowest BCUT2D eigenvalue weighted by molar-refractivity contribution is 0.400. The first kappa shape index (κ1) is 12.9. The van der Waals surface area contributed by atoms with Crippen molar-refractivity contribution in [3.63, 3.8) is 0 Å². The van der Waals surface area contributed by atoms with Gasteiger partial charge in [0, 0.05) is 18.5 Å². The van der Waals surface area contributed by atoms with Gasteiger partial charge in [-0.25, -0.2) is 4.98 Å². The van der Waals surface area contributed by atoms with E-state index < -0.39 is 0 Å². The Bertz CT molecular complexity index is 288. The van der Waals surface area contributed by atoms with E-state index in [-0.39, 0.29) is 0 Å². The third kappa shape index (κ3) is 4.49. The lowest BCUT2D eigenvalue weighted by atomic mass is 10.4. The largest absolute Gasteiger partial charge is 0.348 e. The molecule has 0 unspecified atom stereocenters. The summed E-state index contributed by atoms with van der Waals surface area (Å²) in [5.74, 6) is 0. The van der Waals surface area contributed by atoms with Gasteiger partial charge in [0.15, 0.2) is 5.13 Å². The molecule has 0 atom stereocenters. The van der Waals surface area contributed by atoms with Gasteiger partial charge < -0.3 is 9.80 Å². The summed E-state index contributed by atoms with van der Waals surface area (Å²) in [7, 11) is 4.21. The van der Waals surface area contributed by atoms with Crippen LogP contribution in [0.3, 0.4) is 0 Å². The van der Waals surface area contributed by atoms with Crippen molar-refractivity contribution in [1.29, 1.82) is 0 Å². The van der Waals surface area contributed by atoms with Gasteiger partial charge in [-0.3, -0.25) is 0 Å². The van der Waals surface area contributed by atoms with Crippen LogP contribution in [0.5, 0.6) is 0 Å². The second kappa shape index (κ2) is 6.45. The highest BCUT2D eigenvalue weighted by Gasteiger charge is 2.08. The monoisotopic (exact) mass is 291 g/mol. The summed E-state index contributed by atoms with van der Waals surface area (Å²) in [6.45, 7) is 5.40. The highest BCUT2D eigenvalue weighted by atomic mass is 79.9. The molecule has 0 spiro atoms. The van der Waals surface area contributed by atoms with Crippen LogP contribution in [0.25, 0.3) is 0 Å². The van der Waals surface area contributed by atoms with Crippen LogP contribution in [0.15, 0.2) is 9.98 Å². The van der Waals surface area contributed by atoms with Crippen molar-refractivity contribution in [3.8, 4) is 0 Å². The molecule has 1 rings (SSSR count). The predicted molar refractivity (Wildman–Crippen MR) is 70.9 cm³/mol. The normalized spacial score (nSPS) is 11.0. The number of nitrogens with zero attached hydrogens (tertiary/aromatic N) is 3. The van der Waals surface area contributed by atoms with E-state index in [1.165, 1.54) is 6.42 Å². The lowest BCUT2D eigenvalue weighted by Gasteiger charge is -2.20. The molecule has 0 radical (unpaired) electrons. The number of aromatic nitrogens is 1. The van der Waals surface area contributed by atoms with E-state index in [2.05, 4.69) is 51.7 Å². The van der Waals surface area contributed by atoms with Gasteiger partial charge in [-0.1, -0.05) is 0 Å². The van der Waals surface area contributed by atoms with Gasteiger partial charge in [-0.15, -0.1) is 11.3 Å². The van der Waals surface area contributed by atoms with E-state index in [9.17, 15) is 0 Å². The molecule has 0 saturated heterocycles. The van der Waals surface area contributed by atoms with E-state index in [1.807, 2.05) is 5.38 Å². The van der Waals surface area contributed by atoms with Crippen LogP contribution < -0.4 is 4.90 Å². The van der Waals surface area contributed by atoms with Crippen molar-refractivity contribution in [2.24, 2.45) is 0 Å². The number of hydrogen-bond donors (Lipinski definition) is 0. The lowest BCUT2D eigenvalue weighted by Crippen LogP contribution is -2.26. The maximum absolute atomic E-state index is 4.43. The van der Waals surface area contributed by atoms with Gasteiger partial charge in [-0.2, -0.15) is 0 Å². The molecular weight excluding hydrogens is 274 g/mol. The highest BCUT2D eigenvalue weighted by Crippen LogP contribution is 2.23. The highest BCUT2D eigenvalue weighted by molar-refractivity contribution is 9.10. The maximum Gasteiger partial charge on any atom is 0.186 e. The zero-order chi connectivity index (χ0) is 11.3. The fourth-order valence-corrected chi connectivity index (χ4v) is 2.70. The minimum atomic E-state index is 0.938. The summed E-state index contributed by atoms with van der Waals surface area (Å²) in [6, 6.07) is 0. The van der Waals surface area contributed by atoms with Gasteiger partial charge in [0.25, 0.3) is 0 Å². The van der Waals surface area contributed by atoms with Crippen LogP contribution in [-0.2, 0) is 0 Å². The van der Waals surface area contributed by atoms with Gasteiger partial charge in [0.2, 0.25) is 0 Å². The molecule has 0 bridgehead atoms. The molecule has 0 aliphatic heterocycles. The van der Waals surface area contributed by atoms with E-state index in [4.69, 9.17) is 0 Å². The summed E-state index contributed by atoms with van der Waals surface area (Å²) in [4.78, 5) is 8.96. The molecule has 15 heavy (non-hydrogen) atoms. The van der Waals surface area contributed by atoms with Crippen LogP contribution in [0.4, 0.5) is 5.13 Å². The van der Waals surface area contributed by atoms with Crippen molar-refractivity contribution < 1.29 is 0 Å². The fraction of sp³-hybridized carbons (Fsp3) is 0.700. The van der Waals surface area contributed by atoms with Gasteiger partial charge in [0.1, 0.15) is 4.60 Å². The molecule has 0 amide bonds. The molecule has 0 N–H and O–H groups in total. The summed E-state index contributed by atoms with van der Waals surface area (Å²) in [5.41, 5.74) is 0. The summed E-state index contributed by atoms with van der Waals surface area (Å²) >= 11 is 5.08. The van der Waals surface area contributed by atoms with Crippen molar-refractivity contribution >= 4 is 32.4 Å². The molecule has 0 fully saturated rings. The van der Waals surface area contributed by atoms with E-state index in [0.29, 0.717) is 0 Å². The van der Waals surface area contributed by atoms with E-state index >= 15 is 0 Å². The van der Waals surface area contributed by atoms with Crippen LogP contribution in [0.2, 0.25) is 0 Å². The molecule has 1 heterocycles. The van der Waals surface area contributed by atoms with E-state index in [0.717, 1.165) is 29.4 Å². The first-order chi connectivity index (χ1) is 7.13. The van der Waals surface area contributed by atoms with Gasteiger partial charge in [0.05, 0.1) is 0 Å². The fourth-order valence-electron chi connectivity index (χ4n) is 1.36. The summed E-state index contributed by atoms with van der Waals surface area (Å²) in [6.07, 6.45) is 1.18. The first-order valence-electron chi connectivity index (χ1n) is 5.14. The molecule has 3 nitrogen and oxygen atoms in total. The van der Waals surface area contributed by atoms with Crippen molar-refractivity contribution in [2.75, 3.05) is 38.6 Å². The smallest absolute Gasteiger partial charge is 0.186 e. The zero-order valence-electron chi connectivity index (χ0n) is 9.53. The molecule has 0 aliphatic rings. The van der Waals surface area contributed by atoms with Crippen LogP contribution in [0, 0.1) is 0 Å². The Kier molecular flexibility index (Phi) is 5.56. The molecule has 0 aliphatic carbocycles. The number of rotatable bonds is 6. The van der Waals surface area contributed by atoms with Crippen LogP contribution >= 0.6 is 27.3 Å². The second-order valence-electron chi connectivity index (χ2n) is 3.69. The molecule has 5 heteroatoms. The third-order valence-electron chi connectivity index (χ3n) is 2.15. The number of halogens is 1. The average Bonchev–Trinajstić information content (AvgIpc) is 2.59. The Morgan fingerprint density at radius 1 is 1.40 bits per heavy atom. The minimum Gasteiger partial charge on any atom is -0.348 e. The van der Waals surface area contributed by atoms with Crippen LogP contribution in [-0.4, -0.2) is 43.6 Å². The molecule has 86 valence electrons. The predicted octanol–water partition coefficient (Wildman–Crippen LogP) is 2.68. The molecule has 1 aromatic heterocycles.